The van der Waals surface area contributed by atoms with Crippen molar-refractivity contribution in [3.63, 3.8) is 0 Å². The van der Waals surface area contributed by atoms with E-state index in [9.17, 15) is 0 Å². The summed E-state index contributed by atoms with van der Waals surface area (Å²) in [6, 6.07) is 0. The molecule has 4 radical (unpaired) electrons. The number of rotatable bonds is 5. The third-order valence-corrected chi connectivity index (χ3v) is 1.48. The van der Waals surface area contributed by atoms with Gasteiger partial charge in [-0.25, -0.2) is 0 Å². The van der Waals surface area contributed by atoms with Crippen molar-refractivity contribution < 1.29 is 0 Å². The van der Waals surface area contributed by atoms with Crippen LogP contribution in [-0.2, 0) is 0 Å². The molecule has 9 heavy (non-hydrogen) atoms. The van der Waals surface area contributed by atoms with Crippen LogP contribution in [0, 0.1) is 5.92 Å². The zero-order valence-electron chi connectivity index (χ0n) is 5.84. The molecule has 0 aliphatic heterocycles. The van der Waals surface area contributed by atoms with E-state index in [1.54, 1.807) is 0 Å². The Bertz CT molecular complexity index is 53.0. The van der Waals surface area contributed by atoms with Gasteiger partial charge in [0.25, 0.3) is 0 Å². The minimum atomic E-state index is 0.542. The average Bonchev–Trinajstić information content (AvgIpc) is 1.88. The van der Waals surface area contributed by atoms with Gasteiger partial charge in [-0.15, -0.1) is 0 Å². The molecule has 0 heterocycles. The normalized spacial score (nSPS) is 10.4. The zero-order valence-corrected chi connectivity index (χ0v) is 5.84. The topological polar surface area (TPSA) is 26.0 Å². The van der Waals surface area contributed by atoms with Crippen molar-refractivity contribution in [1.82, 2.24) is 0 Å². The molecule has 0 fully saturated rings. The lowest BCUT2D eigenvalue weighted by Crippen LogP contribution is -2.13. The van der Waals surface area contributed by atoms with E-state index in [2.05, 4.69) is 0 Å². The molecule has 3 heteroatoms. The fourth-order valence-electron chi connectivity index (χ4n) is 0.851. The Balaban J connectivity index is 3.18. The molecule has 2 N–H and O–H groups in total. The predicted molar refractivity (Wildman–Crippen MR) is 42.9 cm³/mol. The van der Waals surface area contributed by atoms with Crippen molar-refractivity contribution in [2.45, 2.75) is 25.5 Å². The van der Waals surface area contributed by atoms with E-state index in [-0.39, 0.29) is 0 Å². The number of nitrogens with two attached hydrogens (primary N) is 1. The van der Waals surface area contributed by atoms with Gasteiger partial charge in [-0.3, -0.25) is 0 Å². The molecule has 0 aromatic heterocycles. The summed E-state index contributed by atoms with van der Waals surface area (Å²) in [5.74, 6) is 0.542. The van der Waals surface area contributed by atoms with Gasteiger partial charge in [0.15, 0.2) is 0 Å². The monoisotopic (exact) mass is 121 g/mol. The smallest absolute Gasteiger partial charge is 0.0653 e. The molecule has 0 unspecified atom stereocenters. The van der Waals surface area contributed by atoms with Gasteiger partial charge >= 0.3 is 0 Å². The second-order valence-corrected chi connectivity index (χ2v) is 2.26. The third-order valence-electron chi connectivity index (χ3n) is 1.48. The molecule has 0 atom stereocenters. The second kappa shape index (κ2) is 6.21. The minimum Gasteiger partial charge on any atom is -0.330 e. The number of hydrogen-bond donors (Lipinski definition) is 1. The first-order valence-electron chi connectivity index (χ1n) is 3.45. The van der Waals surface area contributed by atoms with Crippen molar-refractivity contribution in [3.8, 4) is 0 Å². The molecule has 0 aliphatic rings. The minimum absolute atomic E-state index is 0.542. The lowest BCUT2D eigenvalue weighted by Gasteiger charge is -2.10. The Morgan fingerprint density at radius 1 is 1.11 bits per heavy atom. The van der Waals surface area contributed by atoms with Crippen molar-refractivity contribution >= 4 is 15.7 Å². The standard InChI is InChI=1S/C6H13B2N/c7-3-1-6(5-9)2-4-8/h6H,1-5,9H2. The molecule has 0 saturated carbocycles. The highest BCUT2D eigenvalue weighted by molar-refractivity contribution is 6.08. The largest absolute Gasteiger partial charge is 0.330 e. The molecule has 0 amide bonds. The van der Waals surface area contributed by atoms with Crippen LogP contribution in [0.5, 0.6) is 0 Å². The molecule has 0 aromatic carbocycles. The number of hydrogen-bond acceptors (Lipinski definition) is 1. The highest BCUT2D eigenvalue weighted by atomic mass is 14.5. The zero-order chi connectivity index (χ0) is 7.11. The van der Waals surface area contributed by atoms with Crippen molar-refractivity contribution in [2.75, 3.05) is 6.54 Å². The van der Waals surface area contributed by atoms with Crippen LogP contribution in [0.3, 0.4) is 0 Å². The van der Waals surface area contributed by atoms with Crippen LogP contribution < -0.4 is 5.73 Å². The summed E-state index contributed by atoms with van der Waals surface area (Å²) in [6.07, 6.45) is 3.46. The van der Waals surface area contributed by atoms with Crippen LogP contribution in [0.25, 0.3) is 0 Å². The van der Waals surface area contributed by atoms with Crippen LogP contribution in [0.1, 0.15) is 12.8 Å². The van der Waals surface area contributed by atoms with E-state index in [1.807, 2.05) is 0 Å². The SMILES string of the molecule is [B]CCC(CN)CC[B]. The van der Waals surface area contributed by atoms with Crippen molar-refractivity contribution in [1.29, 1.82) is 0 Å². The molecule has 0 aliphatic carbocycles. The van der Waals surface area contributed by atoms with Gasteiger partial charge in [-0.2, -0.15) is 0 Å². The average molecular weight is 121 g/mol. The fraction of sp³-hybridized carbons (Fsp3) is 1.00. The first-order valence-corrected chi connectivity index (χ1v) is 3.45. The highest BCUT2D eigenvalue weighted by Gasteiger charge is 2.01. The van der Waals surface area contributed by atoms with Gasteiger partial charge in [0.05, 0.1) is 15.7 Å². The molecular formula is C6H13B2N. The van der Waals surface area contributed by atoms with E-state index < -0.39 is 0 Å². The molecule has 1 nitrogen and oxygen atoms in total. The molecule has 0 spiro atoms. The molecule has 0 bridgehead atoms. The van der Waals surface area contributed by atoms with Crippen LogP contribution in [0.4, 0.5) is 0 Å². The summed E-state index contributed by atoms with van der Waals surface area (Å²) < 4.78 is 0. The Morgan fingerprint density at radius 3 is 1.78 bits per heavy atom. The first-order chi connectivity index (χ1) is 4.35. The van der Waals surface area contributed by atoms with Crippen molar-refractivity contribution in [3.05, 3.63) is 0 Å². The van der Waals surface area contributed by atoms with Gasteiger partial charge < -0.3 is 5.73 Å². The van der Waals surface area contributed by atoms with Crippen molar-refractivity contribution in [2.24, 2.45) is 11.7 Å². The van der Waals surface area contributed by atoms with Gasteiger partial charge in [-0.05, 0) is 12.5 Å². The third kappa shape index (κ3) is 4.58. The Labute approximate surface area is 60.2 Å². The van der Waals surface area contributed by atoms with Crippen LogP contribution in [-0.4, -0.2) is 22.2 Å². The predicted octanol–water partition coefficient (Wildman–Crippen LogP) is 0.515. The maximum atomic E-state index is 5.43. The lowest BCUT2D eigenvalue weighted by atomic mass is 9.86. The molecule has 0 saturated heterocycles. The lowest BCUT2D eigenvalue weighted by molar-refractivity contribution is 0.505. The van der Waals surface area contributed by atoms with Crippen LogP contribution >= 0.6 is 0 Å². The summed E-state index contributed by atoms with van der Waals surface area (Å²) in [6.45, 7) is 0.717. The van der Waals surface area contributed by atoms with E-state index in [0.29, 0.717) is 12.5 Å². The Morgan fingerprint density at radius 2 is 1.56 bits per heavy atom. The van der Waals surface area contributed by atoms with Gasteiger partial charge in [0, 0.05) is 0 Å². The first kappa shape index (κ1) is 9.09. The Hall–Kier alpha value is 0.0899. The van der Waals surface area contributed by atoms with E-state index in [1.165, 1.54) is 0 Å². The van der Waals surface area contributed by atoms with Gasteiger partial charge in [0.1, 0.15) is 0 Å². The van der Waals surface area contributed by atoms with E-state index in [4.69, 9.17) is 21.4 Å². The van der Waals surface area contributed by atoms with Gasteiger partial charge in [0.2, 0.25) is 0 Å². The maximum Gasteiger partial charge on any atom is 0.0653 e. The summed E-state index contributed by atoms with van der Waals surface area (Å²) in [4.78, 5) is 0. The molecule has 0 aromatic rings. The fourth-order valence-corrected chi connectivity index (χ4v) is 0.851. The highest BCUT2D eigenvalue weighted by Crippen LogP contribution is 2.09. The summed E-state index contributed by atoms with van der Waals surface area (Å²) >= 11 is 0. The maximum absolute atomic E-state index is 5.43. The quantitative estimate of drug-likeness (QED) is 0.526. The second-order valence-electron chi connectivity index (χ2n) is 2.26. The van der Waals surface area contributed by atoms with Crippen LogP contribution in [0.15, 0.2) is 0 Å². The van der Waals surface area contributed by atoms with Crippen LogP contribution in [0.2, 0.25) is 12.6 Å². The Kier molecular flexibility index (Phi) is 6.28. The molecule has 48 valence electrons. The van der Waals surface area contributed by atoms with E-state index in [0.717, 1.165) is 25.5 Å². The molecule has 0 rings (SSSR count). The van der Waals surface area contributed by atoms with Gasteiger partial charge in [-0.1, -0.05) is 25.5 Å². The van der Waals surface area contributed by atoms with E-state index >= 15 is 0 Å². The summed E-state index contributed by atoms with van der Waals surface area (Å²) in [7, 11) is 10.7. The summed E-state index contributed by atoms with van der Waals surface area (Å²) in [5, 5.41) is 0. The molecular weight excluding hydrogens is 108 g/mol. The summed E-state index contributed by atoms with van der Waals surface area (Å²) in [5.41, 5.74) is 5.43.